The van der Waals surface area contributed by atoms with Crippen LogP contribution in [0.5, 0.6) is 0 Å². The minimum absolute atomic E-state index is 0.0585. The Balaban J connectivity index is 0.000000174. The van der Waals surface area contributed by atoms with Crippen LogP contribution in [0.3, 0.4) is 0 Å². The van der Waals surface area contributed by atoms with Gasteiger partial charge in [0.2, 0.25) is 0 Å². The highest BCUT2D eigenvalue weighted by molar-refractivity contribution is 6.31. The smallest absolute Gasteiger partial charge is 0.342 e. The average Bonchev–Trinajstić information content (AvgIpc) is 3.95. The highest BCUT2D eigenvalue weighted by Gasteiger charge is 2.21. The van der Waals surface area contributed by atoms with Crippen LogP contribution in [0, 0.1) is 65.3 Å². The molecule has 0 aliphatic carbocycles. The number of carbonyl (C=O) groups excluding carboxylic acids is 3. The van der Waals surface area contributed by atoms with Crippen LogP contribution in [-0.4, -0.2) is 85.9 Å². The Kier molecular flexibility index (Phi) is 20.6. The van der Waals surface area contributed by atoms with E-state index in [1.165, 1.54) is 64.7 Å². The number of carbonyl (C=O) groups is 3. The van der Waals surface area contributed by atoms with E-state index in [0.29, 0.717) is 53.7 Å². The molecule has 27 heteroatoms. The van der Waals surface area contributed by atoms with Crippen LogP contribution >= 0.6 is 34.8 Å². The van der Waals surface area contributed by atoms with Gasteiger partial charge in [0.15, 0.2) is 11.4 Å². The van der Waals surface area contributed by atoms with Gasteiger partial charge in [0.1, 0.15) is 74.8 Å². The van der Waals surface area contributed by atoms with E-state index in [0.717, 1.165) is 16.8 Å². The molecule has 0 bridgehead atoms. The van der Waals surface area contributed by atoms with Crippen LogP contribution in [0.1, 0.15) is 95.5 Å². The number of aliphatic hydroxyl groups excluding tert-OH is 1. The molecule has 84 heavy (non-hydrogen) atoms. The maximum Gasteiger partial charge on any atom is 0.342 e. The fourth-order valence-corrected chi connectivity index (χ4v) is 8.75. The number of benzene rings is 3. The van der Waals surface area contributed by atoms with E-state index in [1.54, 1.807) is 62.4 Å². The van der Waals surface area contributed by atoms with E-state index >= 15 is 0 Å². The molecule has 1 amide bonds. The Hall–Kier alpha value is -10.0. The lowest BCUT2D eigenvalue weighted by Gasteiger charge is -2.11. The highest BCUT2D eigenvalue weighted by atomic mass is 35.5. The lowest BCUT2D eigenvalue weighted by atomic mass is 10.1. The molecule has 0 saturated heterocycles. The zero-order valence-corrected chi connectivity index (χ0v) is 46.9. The number of H-pyrrole nitrogens is 1. The predicted octanol–water partition coefficient (Wildman–Crippen LogP) is 9.97. The van der Waals surface area contributed by atoms with Gasteiger partial charge in [-0.2, -0.15) is 31.1 Å². The molecule has 0 saturated carbocycles. The molecular weight excluding hydrogens is 1150 g/mol. The molecule has 3 aromatic carbocycles. The number of ether oxygens (including phenoxy) is 2. The number of nitrogen functional groups attached to an aromatic ring is 1. The largest absolute Gasteiger partial charge is 0.462 e. The fourth-order valence-electron chi connectivity index (χ4n) is 8.26. The molecule has 5 N–H and O–H groups in total. The van der Waals surface area contributed by atoms with Crippen molar-refractivity contribution in [2.45, 2.75) is 53.9 Å². The third-order valence-electron chi connectivity index (χ3n) is 12.0. The van der Waals surface area contributed by atoms with E-state index < -0.39 is 35.3 Å². The number of aromatic nitrogens is 10. The fraction of sp³-hybridized carbons (Fsp3) is 0.175. The van der Waals surface area contributed by atoms with Gasteiger partial charge in [-0.3, -0.25) is 24.8 Å². The lowest BCUT2D eigenvalue weighted by molar-refractivity contribution is 0.0516. The second kappa shape index (κ2) is 28.1. The minimum atomic E-state index is -0.619. The van der Waals surface area contributed by atoms with E-state index in [2.05, 4.69) is 50.4 Å². The van der Waals surface area contributed by atoms with Crippen molar-refractivity contribution in [3.63, 3.8) is 0 Å². The molecule has 10 rings (SSSR count). The Morgan fingerprint density at radius 2 is 1.10 bits per heavy atom. The number of esters is 2. The first-order chi connectivity index (χ1) is 40.3. The third kappa shape index (κ3) is 14.9. The Bertz CT molecular complexity index is 4240. The van der Waals surface area contributed by atoms with Gasteiger partial charge < -0.3 is 25.6 Å². The highest BCUT2D eigenvalue weighted by Crippen LogP contribution is 2.26. The summed E-state index contributed by atoms with van der Waals surface area (Å²) in [5.74, 6) is -2.63. The summed E-state index contributed by atoms with van der Waals surface area (Å²) in [6, 6.07) is 21.3. The maximum absolute atomic E-state index is 14.5. The molecular formula is C57H45Cl3F3N15O6. The van der Waals surface area contributed by atoms with Gasteiger partial charge in [0.05, 0.1) is 72.1 Å². The van der Waals surface area contributed by atoms with E-state index in [4.69, 9.17) is 55.6 Å². The number of fused-ring (bicyclic) bond motifs is 3. The molecule has 0 radical (unpaired) electrons. The summed E-state index contributed by atoms with van der Waals surface area (Å²) in [7, 11) is 0. The molecule has 10 aromatic rings. The van der Waals surface area contributed by atoms with Crippen molar-refractivity contribution in [1.82, 2.24) is 55.0 Å². The minimum Gasteiger partial charge on any atom is -0.462 e. The Morgan fingerprint density at radius 3 is 1.55 bits per heavy atom. The molecule has 7 aromatic heterocycles. The third-order valence-corrected chi connectivity index (χ3v) is 12.6. The van der Waals surface area contributed by atoms with Crippen LogP contribution in [-0.2, 0) is 35.7 Å². The van der Waals surface area contributed by atoms with Crippen molar-refractivity contribution in [1.29, 1.82) is 15.8 Å². The van der Waals surface area contributed by atoms with E-state index in [-0.39, 0.29) is 89.8 Å². The van der Waals surface area contributed by atoms with E-state index in [1.807, 2.05) is 26.0 Å². The molecule has 0 spiro atoms. The van der Waals surface area contributed by atoms with Crippen LogP contribution in [0.25, 0.3) is 32.7 Å². The number of nitrogens with two attached hydrogens (primary N) is 1. The Labute approximate surface area is 490 Å². The molecule has 21 nitrogen and oxygen atoms in total. The predicted molar refractivity (Wildman–Crippen MR) is 303 cm³/mol. The first kappa shape index (κ1) is 61.6. The number of anilines is 1. The van der Waals surface area contributed by atoms with Crippen LogP contribution in [0.15, 0.2) is 97.8 Å². The summed E-state index contributed by atoms with van der Waals surface area (Å²) < 4.78 is 54.3. The standard InChI is InChI=1S/C23H19ClFN7O.C17H12ClFN4O2.C10H7ClFNO.C7H7N3O2/c1-12-3-21(27)31-13(2)17(12)9-29-23(33)18-10-30-32(20(18)7-26)11-14-4-15-6-16(24)8-28-22(15)19(25)5-14;1-2-25-17(24)13-8-22-23(15(13)6-20)9-10-3-11-5-12(18)7-21-16(11)14(19)4-10;11-8-3-7-1-6(5-14)2-9(12)10(7)13-4-8;1-2-12-7(11)5-4-9-10-6(5)3-8/h3-6,8,10H,9,11H2,1-2H3,(H2,27,31)(H,29,33);3-5,7-8H,2,9H2,1H3;1-4,14H,5H2;4H,2H2,1H3,(H,9,10). The lowest BCUT2D eigenvalue weighted by Crippen LogP contribution is -2.24. The SMILES string of the molecule is CCOC(=O)c1cn[nH]c1C#N.CCOC(=O)c1cnn(Cc2cc(F)c3ncc(Cl)cc3c2)c1C#N.Cc1cc(N)nc(C)c1CNC(=O)c1cnn(Cc2cc(F)c3ncc(Cl)cc3c2)c1C#N.OCc1cc(F)c2ncc(Cl)cc2c1. The first-order valence-corrected chi connectivity index (χ1v) is 25.9. The summed E-state index contributed by atoms with van der Waals surface area (Å²) in [5, 5.41) is 56.2. The average molecular weight is 1200 g/mol. The van der Waals surface area contributed by atoms with Crippen molar-refractivity contribution in [3.8, 4) is 18.2 Å². The number of nitrogens with one attached hydrogen (secondary N) is 2. The Morgan fingerprint density at radius 1 is 0.643 bits per heavy atom. The quantitative estimate of drug-likeness (QED) is 0.0826. The van der Waals surface area contributed by atoms with Gasteiger partial charge in [0.25, 0.3) is 5.91 Å². The maximum atomic E-state index is 14.5. The first-order valence-electron chi connectivity index (χ1n) is 24.8. The molecule has 0 atom stereocenters. The number of rotatable bonds is 12. The molecule has 0 fully saturated rings. The van der Waals surface area contributed by atoms with E-state index in [9.17, 15) is 38.1 Å². The normalized spacial score (nSPS) is 10.5. The van der Waals surface area contributed by atoms with Crippen molar-refractivity contribution in [3.05, 3.63) is 198 Å². The van der Waals surface area contributed by atoms with Gasteiger partial charge in [-0.25, -0.2) is 37.1 Å². The number of aliphatic hydroxyl groups is 1. The van der Waals surface area contributed by atoms with Gasteiger partial charge in [-0.1, -0.05) is 34.8 Å². The molecule has 0 aliphatic heterocycles. The number of halogens is 6. The molecule has 426 valence electrons. The second-order valence-electron chi connectivity index (χ2n) is 17.7. The van der Waals surface area contributed by atoms with Crippen molar-refractivity contribution < 1.29 is 42.1 Å². The number of pyridine rings is 4. The van der Waals surface area contributed by atoms with Crippen molar-refractivity contribution in [2.75, 3.05) is 18.9 Å². The van der Waals surface area contributed by atoms with Crippen LogP contribution in [0.2, 0.25) is 15.1 Å². The summed E-state index contributed by atoms with van der Waals surface area (Å²) in [5.41, 5.74) is 11.2. The van der Waals surface area contributed by atoms with Crippen LogP contribution < -0.4 is 11.1 Å². The monoisotopic (exact) mass is 1200 g/mol. The van der Waals surface area contributed by atoms with Crippen molar-refractivity contribution in [2.24, 2.45) is 0 Å². The zero-order chi connectivity index (χ0) is 60.8. The molecule has 0 unspecified atom stereocenters. The number of nitriles is 3. The number of aromatic amines is 1. The van der Waals surface area contributed by atoms with Gasteiger partial charge in [0, 0.05) is 47.0 Å². The summed E-state index contributed by atoms with van der Waals surface area (Å²) in [6.07, 6.45) is 8.01. The van der Waals surface area contributed by atoms with Gasteiger partial charge in [-0.05, 0) is 116 Å². The zero-order valence-electron chi connectivity index (χ0n) is 44.7. The second-order valence-corrected chi connectivity index (χ2v) is 19.1. The topological polar surface area (TPSA) is 315 Å². The number of hydrogen-bond acceptors (Lipinski definition) is 17. The summed E-state index contributed by atoms with van der Waals surface area (Å²) in [4.78, 5) is 51.7. The summed E-state index contributed by atoms with van der Waals surface area (Å²) in [6.45, 7) is 7.79. The number of amides is 1. The van der Waals surface area contributed by atoms with Crippen molar-refractivity contribution >= 4 is 91.2 Å². The van der Waals surface area contributed by atoms with Gasteiger partial charge >= 0.3 is 11.9 Å². The van der Waals surface area contributed by atoms with Crippen LogP contribution in [0.4, 0.5) is 19.0 Å². The molecule has 7 heterocycles. The summed E-state index contributed by atoms with van der Waals surface area (Å²) >= 11 is 17.6. The number of nitrogens with zero attached hydrogens (tertiary/aromatic N) is 12. The number of aryl methyl sites for hydroxylation is 2. The number of hydrogen-bond donors (Lipinski definition) is 4. The molecule has 0 aliphatic rings. The van der Waals surface area contributed by atoms with Gasteiger partial charge in [-0.15, -0.1) is 0 Å².